The molecule has 0 bridgehead atoms. The number of carboxylic acids is 1. The van der Waals surface area contributed by atoms with Gasteiger partial charge in [-0.25, -0.2) is 4.79 Å². The summed E-state index contributed by atoms with van der Waals surface area (Å²) in [6.07, 6.45) is -0.692. The maximum atomic E-state index is 12.2. The van der Waals surface area contributed by atoms with Gasteiger partial charge in [-0.2, -0.15) is 0 Å². The average Bonchev–Trinajstić information content (AvgIpc) is 2.46. The zero-order valence-electron chi connectivity index (χ0n) is 11.3. The second-order valence-corrected chi connectivity index (χ2v) is 4.52. The fraction of sp³-hybridized carbons (Fsp3) is 0.429. The van der Waals surface area contributed by atoms with Crippen molar-refractivity contribution in [2.24, 2.45) is 0 Å². The van der Waals surface area contributed by atoms with Crippen molar-refractivity contribution in [3.63, 3.8) is 0 Å². The first-order valence-electron chi connectivity index (χ1n) is 6.63. The largest absolute Gasteiger partial charge is 0.478 e. The van der Waals surface area contributed by atoms with Crippen molar-refractivity contribution >= 4 is 17.6 Å². The SMILES string of the molecule is CCNCCC(=O)N1CC(C(=O)O)Oc2ccccc21. The summed E-state index contributed by atoms with van der Waals surface area (Å²) in [4.78, 5) is 24.9. The minimum atomic E-state index is -1.07. The van der Waals surface area contributed by atoms with Crippen LogP contribution >= 0.6 is 0 Å². The summed E-state index contributed by atoms with van der Waals surface area (Å²) in [6, 6.07) is 6.99. The van der Waals surface area contributed by atoms with E-state index in [0.29, 0.717) is 24.4 Å². The van der Waals surface area contributed by atoms with Crippen LogP contribution in [0.25, 0.3) is 0 Å². The maximum absolute atomic E-state index is 12.2. The highest BCUT2D eigenvalue weighted by atomic mass is 16.5. The number of hydrogen-bond acceptors (Lipinski definition) is 4. The Hall–Kier alpha value is -2.08. The summed E-state index contributed by atoms with van der Waals surface area (Å²) in [5, 5.41) is 12.2. The molecular formula is C14H18N2O4. The molecule has 0 saturated carbocycles. The zero-order chi connectivity index (χ0) is 14.5. The maximum Gasteiger partial charge on any atom is 0.346 e. The highest BCUT2D eigenvalue weighted by Crippen LogP contribution is 2.33. The number of carbonyl (C=O) groups is 2. The van der Waals surface area contributed by atoms with Gasteiger partial charge in [-0.15, -0.1) is 0 Å². The number of rotatable bonds is 5. The van der Waals surface area contributed by atoms with E-state index in [9.17, 15) is 9.59 Å². The molecule has 1 aliphatic rings. The fourth-order valence-corrected chi connectivity index (χ4v) is 2.11. The summed E-state index contributed by atoms with van der Waals surface area (Å²) in [6.45, 7) is 3.38. The molecule has 0 radical (unpaired) electrons. The number of ether oxygens (including phenoxy) is 1. The second-order valence-electron chi connectivity index (χ2n) is 4.52. The van der Waals surface area contributed by atoms with Crippen molar-refractivity contribution in [2.75, 3.05) is 24.5 Å². The third kappa shape index (κ3) is 3.08. The van der Waals surface area contributed by atoms with Gasteiger partial charge < -0.3 is 20.1 Å². The van der Waals surface area contributed by atoms with Crippen molar-refractivity contribution in [2.45, 2.75) is 19.4 Å². The van der Waals surface area contributed by atoms with Gasteiger partial charge in [-0.05, 0) is 18.7 Å². The number of nitrogens with zero attached hydrogens (tertiary/aromatic N) is 1. The summed E-state index contributed by atoms with van der Waals surface area (Å²) in [5.41, 5.74) is 0.631. The van der Waals surface area contributed by atoms with Gasteiger partial charge in [0.15, 0.2) is 0 Å². The summed E-state index contributed by atoms with van der Waals surface area (Å²) in [7, 11) is 0. The van der Waals surface area contributed by atoms with E-state index in [0.717, 1.165) is 6.54 Å². The van der Waals surface area contributed by atoms with Crippen molar-refractivity contribution < 1.29 is 19.4 Å². The molecule has 0 aromatic heterocycles. The van der Waals surface area contributed by atoms with Crippen molar-refractivity contribution in [3.05, 3.63) is 24.3 Å². The van der Waals surface area contributed by atoms with Crippen molar-refractivity contribution in [1.82, 2.24) is 5.32 Å². The Labute approximate surface area is 117 Å². The number of aliphatic carboxylic acids is 1. The molecule has 0 saturated heterocycles. The lowest BCUT2D eigenvalue weighted by Gasteiger charge is -2.33. The zero-order valence-corrected chi connectivity index (χ0v) is 11.3. The quantitative estimate of drug-likeness (QED) is 0.781. The molecule has 1 amide bonds. The van der Waals surface area contributed by atoms with Crippen LogP contribution in [0.3, 0.4) is 0 Å². The average molecular weight is 278 g/mol. The molecule has 0 spiro atoms. The lowest BCUT2D eigenvalue weighted by Crippen LogP contribution is -2.47. The monoisotopic (exact) mass is 278 g/mol. The second kappa shape index (κ2) is 6.38. The van der Waals surface area contributed by atoms with Crippen LogP contribution in [0.15, 0.2) is 24.3 Å². The van der Waals surface area contributed by atoms with Gasteiger partial charge in [0.25, 0.3) is 0 Å². The molecule has 6 nitrogen and oxygen atoms in total. The van der Waals surface area contributed by atoms with Gasteiger partial charge in [0.05, 0.1) is 12.2 Å². The van der Waals surface area contributed by atoms with Crippen LogP contribution in [-0.4, -0.2) is 42.7 Å². The number of anilines is 1. The summed E-state index contributed by atoms with van der Waals surface area (Å²) in [5.74, 6) is -0.736. The first-order chi connectivity index (χ1) is 9.63. The molecule has 2 rings (SSSR count). The molecule has 0 fully saturated rings. The number of carboxylic acid groups (broad SMARTS) is 1. The van der Waals surface area contributed by atoms with Gasteiger partial charge in [0, 0.05) is 13.0 Å². The summed E-state index contributed by atoms with van der Waals surface area (Å²) < 4.78 is 5.39. The van der Waals surface area contributed by atoms with Crippen LogP contribution in [0.4, 0.5) is 5.69 Å². The predicted octanol–water partition coefficient (Wildman–Crippen LogP) is 0.865. The molecule has 6 heteroatoms. The van der Waals surface area contributed by atoms with E-state index >= 15 is 0 Å². The number of fused-ring (bicyclic) bond motifs is 1. The molecular weight excluding hydrogens is 260 g/mol. The third-order valence-electron chi connectivity index (χ3n) is 3.12. The minimum absolute atomic E-state index is 0.0390. The number of benzene rings is 1. The van der Waals surface area contributed by atoms with E-state index in [2.05, 4.69) is 5.32 Å². The Morgan fingerprint density at radius 1 is 1.45 bits per heavy atom. The van der Waals surface area contributed by atoms with E-state index < -0.39 is 12.1 Å². The first kappa shape index (κ1) is 14.3. The number of nitrogens with one attached hydrogen (secondary N) is 1. The first-order valence-corrected chi connectivity index (χ1v) is 6.63. The Morgan fingerprint density at radius 2 is 2.20 bits per heavy atom. The fourth-order valence-electron chi connectivity index (χ4n) is 2.11. The smallest absolute Gasteiger partial charge is 0.346 e. The van der Waals surface area contributed by atoms with E-state index in [1.54, 1.807) is 24.3 Å². The molecule has 1 aromatic carbocycles. The topological polar surface area (TPSA) is 78.9 Å². The van der Waals surface area contributed by atoms with Crippen LogP contribution in [0.5, 0.6) is 5.75 Å². The molecule has 1 aliphatic heterocycles. The van der Waals surface area contributed by atoms with Crippen molar-refractivity contribution in [3.8, 4) is 5.75 Å². The molecule has 2 N–H and O–H groups in total. The molecule has 1 aromatic rings. The Balaban J connectivity index is 2.18. The number of amides is 1. The van der Waals surface area contributed by atoms with E-state index in [-0.39, 0.29) is 12.5 Å². The van der Waals surface area contributed by atoms with E-state index in [4.69, 9.17) is 9.84 Å². The number of carbonyl (C=O) groups excluding carboxylic acids is 1. The third-order valence-corrected chi connectivity index (χ3v) is 3.12. The molecule has 0 aliphatic carbocycles. The predicted molar refractivity (Wildman–Crippen MR) is 74.0 cm³/mol. The van der Waals surface area contributed by atoms with Gasteiger partial charge >= 0.3 is 5.97 Å². The molecule has 20 heavy (non-hydrogen) atoms. The van der Waals surface area contributed by atoms with Crippen LogP contribution in [-0.2, 0) is 9.59 Å². The van der Waals surface area contributed by atoms with Crippen LogP contribution < -0.4 is 15.0 Å². The van der Waals surface area contributed by atoms with E-state index in [1.807, 2.05) is 6.92 Å². The van der Waals surface area contributed by atoms with Crippen molar-refractivity contribution in [1.29, 1.82) is 0 Å². The Kier molecular flexibility index (Phi) is 4.57. The lowest BCUT2D eigenvalue weighted by molar-refractivity contribution is -0.145. The molecule has 1 unspecified atom stereocenters. The van der Waals surface area contributed by atoms with Gasteiger partial charge in [-0.1, -0.05) is 19.1 Å². The number of para-hydroxylation sites is 2. The van der Waals surface area contributed by atoms with Gasteiger partial charge in [-0.3, -0.25) is 4.79 Å². The molecule has 1 heterocycles. The number of hydrogen-bond donors (Lipinski definition) is 2. The Morgan fingerprint density at radius 3 is 2.90 bits per heavy atom. The molecule has 108 valence electrons. The van der Waals surface area contributed by atoms with E-state index in [1.165, 1.54) is 4.90 Å². The lowest BCUT2D eigenvalue weighted by atomic mass is 10.1. The van der Waals surface area contributed by atoms with Gasteiger partial charge in [0.1, 0.15) is 5.75 Å². The van der Waals surface area contributed by atoms with Crippen LogP contribution in [0.2, 0.25) is 0 Å². The minimum Gasteiger partial charge on any atom is -0.478 e. The summed E-state index contributed by atoms with van der Waals surface area (Å²) >= 11 is 0. The highest BCUT2D eigenvalue weighted by molar-refractivity contribution is 5.96. The Bertz CT molecular complexity index is 504. The van der Waals surface area contributed by atoms with Gasteiger partial charge in [0.2, 0.25) is 12.0 Å². The standard InChI is InChI=1S/C14H18N2O4/c1-2-15-8-7-13(17)16-9-12(14(18)19)20-11-6-4-3-5-10(11)16/h3-6,12,15H,2,7-9H2,1H3,(H,18,19). The van der Waals surface area contributed by atoms with Crippen LogP contribution in [0.1, 0.15) is 13.3 Å². The van der Waals surface area contributed by atoms with Crippen LogP contribution in [0, 0.1) is 0 Å². The highest BCUT2D eigenvalue weighted by Gasteiger charge is 2.33. The molecule has 1 atom stereocenters. The normalized spacial score (nSPS) is 17.2.